The van der Waals surface area contributed by atoms with Crippen molar-refractivity contribution in [3.63, 3.8) is 0 Å². The van der Waals surface area contributed by atoms with Crippen LogP contribution in [0, 0.1) is 0 Å². The molecular weight excluding hydrogens is 280 g/mol. The summed E-state index contributed by atoms with van der Waals surface area (Å²) in [7, 11) is 0. The number of hydrogen-bond acceptors (Lipinski definition) is 4. The summed E-state index contributed by atoms with van der Waals surface area (Å²) in [6.45, 7) is 1.99. The van der Waals surface area contributed by atoms with Crippen LogP contribution in [0.4, 0.5) is 0 Å². The molecule has 116 valence electrons. The maximum absolute atomic E-state index is 12.0. The highest BCUT2D eigenvalue weighted by Crippen LogP contribution is 2.41. The zero-order chi connectivity index (χ0) is 15.2. The van der Waals surface area contributed by atoms with E-state index in [-0.39, 0.29) is 23.3 Å². The van der Waals surface area contributed by atoms with Crippen molar-refractivity contribution in [2.24, 2.45) is 0 Å². The molecule has 4 rings (SSSR count). The quantitative estimate of drug-likeness (QED) is 0.766. The van der Waals surface area contributed by atoms with Crippen molar-refractivity contribution in [1.82, 2.24) is 10.6 Å². The molecule has 5 nitrogen and oxygen atoms in total. The molecule has 1 spiro atoms. The third-order valence-electron chi connectivity index (χ3n) is 5.08. The standard InChI is InChI=1S/C17H20N2O3/c20-15-4-2-13(16(21)19-15)11-1-3-14-12(9-11)10-17(22-14)5-7-18-8-6-17/h1,3,9,13,18H,2,4-8,10H2,(H,19,20,21). The van der Waals surface area contributed by atoms with Gasteiger partial charge in [-0.2, -0.15) is 0 Å². The smallest absolute Gasteiger partial charge is 0.234 e. The predicted molar refractivity (Wildman–Crippen MR) is 80.7 cm³/mol. The Morgan fingerprint density at radius 2 is 2.00 bits per heavy atom. The van der Waals surface area contributed by atoms with Gasteiger partial charge < -0.3 is 10.1 Å². The first-order chi connectivity index (χ1) is 10.7. The van der Waals surface area contributed by atoms with Crippen LogP contribution >= 0.6 is 0 Å². The Kier molecular flexibility index (Phi) is 3.18. The topological polar surface area (TPSA) is 67.4 Å². The van der Waals surface area contributed by atoms with Crippen LogP contribution in [0.15, 0.2) is 18.2 Å². The lowest BCUT2D eigenvalue weighted by molar-refractivity contribution is -0.134. The minimum atomic E-state index is -0.215. The van der Waals surface area contributed by atoms with Crippen molar-refractivity contribution < 1.29 is 14.3 Å². The first kappa shape index (κ1) is 13.8. The Morgan fingerprint density at radius 3 is 2.77 bits per heavy atom. The zero-order valence-electron chi connectivity index (χ0n) is 12.5. The molecule has 3 heterocycles. The van der Waals surface area contributed by atoms with E-state index in [2.05, 4.69) is 16.7 Å². The molecule has 0 bridgehead atoms. The summed E-state index contributed by atoms with van der Waals surface area (Å²) in [4.78, 5) is 23.3. The molecule has 1 aromatic rings. The largest absolute Gasteiger partial charge is 0.487 e. The molecule has 1 unspecified atom stereocenters. The van der Waals surface area contributed by atoms with Crippen molar-refractivity contribution in [2.45, 2.75) is 43.6 Å². The van der Waals surface area contributed by atoms with Gasteiger partial charge in [-0.15, -0.1) is 0 Å². The summed E-state index contributed by atoms with van der Waals surface area (Å²) in [6.07, 6.45) is 3.98. The number of carbonyl (C=O) groups excluding carboxylic acids is 2. The van der Waals surface area contributed by atoms with Gasteiger partial charge in [-0.1, -0.05) is 12.1 Å². The number of nitrogens with one attached hydrogen (secondary N) is 2. The second kappa shape index (κ2) is 5.09. The van der Waals surface area contributed by atoms with Crippen LogP contribution in [-0.2, 0) is 16.0 Å². The van der Waals surface area contributed by atoms with Gasteiger partial charge in [-0.05, 0) is 49.5 Å². The molecule has 0 aromatic heterocycles. The normalized spacial score (nSPS) is 26.5. The second-order valence-electron chi connectivity index (χ2n) is 6.58. The molecule has 2 N–H and O–H groups in total. The Balaban J connectivity index is 1.58. The average molecular weight is 300 g/mol. The fraction of sp³-hybridized carbons (Fsp3) is 0.529. The molecule has 0 radical (unpaired) electrons. The van der Waals surface area contributed by atoms with E-state index in [1.165, 1.54) is 5.56 Å². The molecule has 0 saturated carbocycles. The lowest BCUT2D eigenvalue weighted by Crippen LogP contribution is -2.45. The van der Waals surface area contributed by atoms with Crippen molar-refractivity contribution in [1.29, 1.82) is 0 Å². The lowest BCUT2D eigenvalue weighted by Gasteiger charge is -2.33. The van der Waals surface area contributed by atoms with Crippen LogP contribution in [0.1, 0.15) is 42.7 Å². The molecule has 1 aromatic carbocycles. The highest BCUT2D eigenvalue weighted by atomic mass is 16.5. The van der Waals surface area contributed by atoms with Crippen molar-refractivity contribution >= 4 is 11.8 Å². The summed E-state index contributed by atoms with van der Waals surface area (Å²) >= 11 is 0. The van der Waals surface area contributed by atoms with Gasteiger partial charge in [0.05, 0.1) is 5.92 Å². The fourth-order valence-electron chi connectivity index (χ4n) is 3.84. The Bertz CT molecular complexity index is 635. The van der Waals surface area contributed by atoms with Gasteiger partial charge in [0.1, 0.15) is 11.4 Å². The van der Waals surface area contributed by atoms with E-state index in [1.807, 2.05) is 12.1 Å². The lowest BCUT2D eigenvalue weighted by atomic mass is 9.85. The van der Waals surface area contributed by atoms with Gasteiger partial charge in [-0.3, -0.25) is 14.9 Å². The van der Waals surface area contributed by atoms with Crippen LogP contribution in [0.3, 0.4) is 0 Å². The third-order valence-corrected chi connectivity index (χ3v) is 5.08. The number of hydrogen-bond donors (Lipinski definition) is 2. The number of piperidine rings is 2. The van der Waals surface area contributed by atoms with Crippen molar-refractivity contribution in [2.75, 3.05) is 13.1 Å². The van der Waals surface area contributed by atoms with Crippen molar-refractivity contribution in [3.05, 3.63) is 29.3 Å². The maximum Gasteiger partial charge on any atom is 0.234 e. The summed E-state index contributed by atoms with van der Waals surface area (Å²) in [5, 5.41) is 5.81. The Labute approximate surface area is 129 Å². The van der Waals surface area contributed by atoms with E-state index in [1.54, 1.807) is 0 Å². The van der Waals surface area contributed by atoms with E-state index < -0.39 is 0 Å². The van der Waals surface area contributed by atoms with E-state index in [4.69, 9.17) is 4.74 Å². The molecule has 1 atom stereocenters. The number of benzene rings is 1. The number of rotatable bonds is 1. The minimum absolute atomic E-state index is 0.0585. The van der Waals surface area contributed by atoms with Crippen LogP contribution in [0.5, 0.6) is 5.75 Å². The Hall–Kier alpha value is -1.88. The summed E-state index contributed by atoms with van der Waals surface area (Å²) < 4.78 is 6.23. The van der Waals surface area contributed by atoms with Gasteiger partial charge in [0.15, 0.2) is 0 Å². The fourth-order valence-corrected chi connectivity index (χ4v) is 3.84. The number of ether oxygens (including phenoxy) is 1. The molecular formula is C17H20N2O3. The second-order valence-corrected chi connectivity index (χ2v) is 6.58. The third kappa shape index (κ3) is 2.29. The van der Waals surface area contributed by atoms with E-state index in [0.717, 1.165) is 43.7 Å². The summed E-state index contributed by atoms with van der Waals surface area (Å²) in [6, 6.07) is 6.07. The average Bonchev–Trinajstić information content (AvgIpc) is 2.84. The first-order valence-electron chi connectivity index (χ1n) is 8.02. The van der Waals surface area contributed by atoms with Crippen LogP contribution in [-0.4, -0.2) is 30.5 Å². The number of amides is 2. The van der Waals surface area contributed by atoms with Gasteiger partial charge in [0, 0.05) is 12.8 Å². The molecule has 2 saturated heterocycles. The first-order valence-corrected chi connectivity index (χ1v) is 8.02. The zero-order valence-corrected chi connectivity index (χ0v) is 12.5. The van der Waals surface area contributed by atoms with Crippen LogP contribution in [0.2, 0.25) is 0 Å². The number of carbonyl (C=O) groups is 2. The number of imide groups is 1. The van der Waals surface area contributed by atoms with Gasteiger partial charge >= 0.3 is 0 Å². The van der Waals surface area contributed by atoms with Crippen molar-refractivity contribution in [3.8, 4) is 5.75 Å². The van der Waals surface area contributed by atoms with E-state index >= 15 is 0 Å². The van der Waals surface area contributed by atoms with Crippen LogP contribution in [0.25, 0.3) is 0 Å². The summed E-state index contributed by atoms with van der Waals surface area (Å²) in [5.41, 5.74) is 2.14. The SMILES string of the molecule is O=C1CCC(c2ccc3c(c2)CC2(CCNCC2)O3)C(=O)N1. The van der Waals surface area contributed by atoms with Gasteiger partial charge in [0.25, 0.3) is 0 Å². The molecule has 22 heavy (non-hydrogen) atoms. The highest BCUT2D eigenvalue weighted by Gasteiger charge is 2.40. The Morgan fingerprint density at radius 1 is 1.18 bits per heavy atom. The van der Waals surface area contributed by atoms with Gasteiger partial charge in [0.2, 0.25) is 11.8 Å². The van der Waals surface area contributed by atoms with Gasteiger partial charge in [-0.25, -0.2) is 0 Å². The highest BCUT2D eigenvalue weighted by molar-refractivity contribution is 6.00. The molecule has 3 aliphatic heterocycles. The van der Waals surface area contributed by atoms with E-state index in [0.29, 0.717) is 12.8 Å². The minimum Gasteiger partial charge on any atom is -0.487 e. The van der Waals surface area contributed by atoms with E-state index in [9.17, 15) is 9.59 Å². The maximum atomic E-state index is 12.0. The van der Waals surface area contributed by atoms with Crippen LogP contribution < -0.4 is 15.4 Å². The molecule has 0 aliphatic carbocycles. The monoisotopic (exact) mass is 300 g/mol. The molecule has 2 amide bonds. The number of fused-ring (bicyclic) bond motifs is 1. The summed E-state index contributed by atoms with van der Waals surface area (Å²) in [5.74, 6) is 0.400. The molecule has 3 aliphatic rings. The molecule has 5 heteroatoms. The molecule has 2 fully saturated rings. The predicted octanol–water partition coefficient (Wildman–Crippen LogP) is 1.26.